The van der Waals surface area contributed by atoms with Crippen LogP contribution < -0.4 is 5.73 Å². The second-order valence-electron chi connectivity index (χ2n) is 5.62. The summed E-state index contributed by atoms with van der Waals surface area (Å²) < 4.78 is 0. The van der Waals surface area contributed by atoms with E-state index in [-0.39, 0.29) is 0 Å². The predicted octanol–water partition coefficient (Wildman–Crippen LogP) is 4.95. The Balaban J connectivity index is 1.87. The van der Waals surface area contributed by atoms with Crippen molar-refractivity contribution in [2.75, 3.05) is 0 Å². The zero-order valence-corrected chi connectivity index (χ0v) is 11.7. The van der Waals surface area contributed by atoms with Gasteiger partial charge in [0.15, 0.2) is 0 Å². The lowest BCUT2D eigenvalue weighted by Gasteiger charge is -2.18. The number of hydrogen-bond donors (Lipinski definition) is 1. The lowest BCUT2D eigenvalue weighted by atomic mass is 9.92. The van der Waals surface area contributed by atoms with E-state index in [2.05, 4.69) is 13.0 Å². The number of rotatable bonds is 9. The molecule has 17 heavy (non-hydrogen) atoms. The van der Waals surface area contributed by atoms with E-state index in [1.54, 1.807) is 5.57 Å². The maximum atomic E-state index is 5.89. The third kappa shape index (κ3) is 7.59. The summed E-state index contributed by atoms with van der Waals surface area (Å²) in [6.45, 7) is 2.28. The molecule has 0 radical (unpaired) electrons. The molecule has 0 saturated carbocycles. The summed E-state index contributed by atoms with van der Waals surface area (Å²) >= 11 is 0. The Bertz CT molecular complexity index is 208. The van der Waals surface area contributed by atoms with E-state index in [0.717, 1.165) is 6.42 Å². The van der Waals surface area contributed by atoms with Gasteiger partial charge in [0, 0.05) is 6.04 Å². The predicted molar refractivity (Wildman–Crippen MR) is 77.1 cm³/mol. The molecule has 0 saturated heterocycles. The quantitative estimate of drug-likeness (QED) is 0.445. The number of unbranched alkanes of at least 4 members (excludes halogenated alkanes) is 7. The molecule has 2 N–H and O–H groups in total. The maximum absolute atomic E-state index is 5.89. The van der Waals surface area contributed by atoms with Crippen LogP contribution in [0.4, 0.5) is 0 Å². The third-order valence-electron chi connectivity index (χ3n) is 3.90. The molecule has 0 aromatic carbocycles. The topological polar surface area (TPSA) is 26.0 Å². The van der Waals surface area contributed by atoms with E-state index < -0.39 is 0 Å². The minimum Gasteiger partial charge on any atom is -0.327 e. The van der Waals surface area contributed by atoms with Gasteiger partial charge < -0.3 is 5.73 Å². The molecule has 0 spiro atoms. The standard InChI is InChI=1S/C16H31N/c1-2-3-4-5-6-7-8-9-10-15-11-13-16(17)14-12-15/h11,16H,2-10,12-14,17H2,1H3. The summed E-state index contributed by atoms with van der Waals surface area (Å²) in [5.41, 5.74) is 7.57. The van der Waals surface area contributed by atoms with Crippen molar-refractivity contribution in [2.45, 2.75) is 90.0 Å². The fraction of sp³-hybridized carbons (Fsp3) is 0.875. The Hall–Kier alpha value is -0.300. The van der Waals surface area contributed by atoms with E-state index >= 15 is 0 Å². The molecule has 1 nitrogen and oxygen atoms in total. The van der Waals surface area contributed by atoms with Crippen LogP contribution in [0.1, 0.15) is 84.0 Å². The van der Waals surface area contributed by atoms with Gasteiger partial charge in [-0.25, -0.2) is 0 Å². The van der Waals surface area contributed by atoms with Gasteiger partial charge in [0.05, 0.1) is 0 Å². The highest BCUT2D eigenvalue weighted by Gasteiger charge is 2.09. The zero-order valence-electron chi connectivity index (χ0n) is 11.7. The first-order chi connectivity index (χ1) is 8.33. The molecule has 0 fully saturated rings. The first-order valence-corrected chi connectivity index (χ1v) is 7.76. The van der Waals surface area contributed by atoms with Crippen molar-refractivity contribution in [1.82, 2.24) is 0 Å². The minimum atomic E-state index is 0.442. The number of nitrogens with two attached hydrogens (primary N) is 1. The van der Waals surface area contributed by atoms with E-state index in [1.807, 2.05) is 0 Å². The fourth-order valence-electron chi connectivity index (χ4n) is 2.62. The number of allylic oxidation sites excluding steroid dienone is 1. The highest BCUT2D eigenvalue weighted by atomic mass is 14.6. The molecule has 1 atom stereocenters. The van der Waals surface area contributed by atoms with Crippen LogP contribution in [0.25, 0.3) is 0 Å². The minimum absolute atomic E-state index is 0.442. The van der Waals surface area contributed by atoms with Crippen molar-refractivity contribution >= 4 is 0 Å². The molecule has 1 unspecified atom stereocenters. The highest BCUT2D eigenvalue weighted by molar-refractivity contribution is 5.07. The SMILES string of the molecule is CCCCCCCCCCC1=CCC(N)CC1. The molecule has 1 rings (SSSR count). The second-order valence-corrected chi connectivity index (χ2v) is 5.62. The van der Waals surface area contributed by atoms with Gasteiger partial charge in [-0.3, -0.25) is 0 Å². The van der Waals surface area contributed by atoms with Crippen LogP contribution in [0, 0.1) is 0 Å². The van der Waals surface area contributed by atoms with Crippen LogP contribution in [-0.2, 0) is 0 Å². The smallest absolute Gasteiger partial charge is 0.00765 e. The van der Waals surface area contributed by atoms with Gasteiger partial charge in [0.1, 0.15) is 0 Å². The highest BCUT2D eigenvalue weighted by Crippen LogP contribution is 2.22. The first-order valence-electron chi connectivity index (χ1n) is 7.76. The van der Waals surface area contributed by atoms with Crippen LogP contribution in [0.15, 0.2) is 11.6 Å². The molecular weight excluding hydrogens is 206 g/mol. The van der Waals surface area contributed by atoms with E-state index in [9.17, 15) is 0 Å². The van der Waals surface area contributed by atoms with Crippen LogP contribution >= 0.6 is 0 Å². The summed E-state index contributed by atoms with van der Waals surface area (Å²) in [6, 6.07) is 0.442. The largest absolute Gasteiger partial charge is 0.327 e. The Kier molecular flexibility index (Phi) is 8.42. The molecule has 100 valence electrons. The molecule has 0 heterocycles. The summed E-state index contributed by atoms with van der Waals surface area (Å²) in [6.07, 6.45) is 18.7. The monoisotopic (exact) mass is 237 g/mol. The number of hydrogen-bond acceptors (Lipinski definition) is 1. The molecule has 0 bridgehead atoms. The summed E-state index contributed by atoms with van der Waals surface area (Å²) in [4.78, 5) is 0. The lowest BCUT2D eigenvalue weighted by molar-refractivity contribution is 0.550. The van der Waals surface area contributed by atoms with Gasteiger partial charge in [-0.1, -0.05) is 63.5 Å². The second kappa shape index (κ2) is 9.70. The Morgan fingerprint density at radius 1 is 1.06 bits per heavy atom. The van der Waals surface area contributed by atoms with Crippen LogP contribution in [0.5, 0.6) is 0 Å². The maximum Gasteiger partial charge on any atom is 0.00765 e. The molecular formula is C16H31N. The summed E-state index contributed by atoms with van der Waals surface area (Å²) in [5.74, 6) is 0. The van der Waals surface area contributed by atoms with Crippen molar-refractivity contribution in [3.8, 4) is 0 Å². The molecule has 1 aliphatic carbocycles. The summed E-state index contributed by atoms with van der Waals surface area (Å²) in [5, 5.41) is 0. The normalized spacial score (nSPS) is 20.4. The van der Waals surface area contributed by atoms with E-state index in [4.69, 9.17) is 5.73 Å². The molecule has 1 aliphatic rings. The van der Waals surface area contributed by atoms with Crippen molar-refractivity contribution in [3.63, 3.8) is 0 Å². The van der Waals surface area contributed by atoms with Crippen molar-refractivity contribution in [1.29, 1.82) is 0 Å². The van der Waals surface area contributed by atoms with Gasteiger partial charge in [-0.2, -0.15) is 0 Å². The Morgan fingerprint density at radius 2 is 1.71 bits per heavy atom. The molecule has 0 aromatic heterocycles. The third-order valence-corrected chi connectivity index (χ3v) is 3.90. The van der Waals surface area contributed by atoms with Crippen molar-refractivity contribution in [2.24, 2.45) is 5.73 Å². The van der Waals surface area contributed by atoms with Crippen LogP contribution in [0.2, 0.25) is 0 Å². The van der Waals surface area contributed by atoms with Crippen LogP contribution in [0.3, 0.4) is 0 Å². The van der Waals surface area contributed by atoms with Gasteiger partial charge in [0.25, 0.3) is 0 Å². The Labute approximate surface area is 108 Å². The van der Waals surface area contributed by atoms with Crippen LogP contribution in [-0.4, -0.2) is 6.04 Å². The van der Waals surface area contributed by atoms with Crippen molar-refractivity contribution in [3.05, 3.63) is 11.6 Å². The van der Waals surface area contributed by atoms with Gasteiger partial charge in [-0.15, -0.1) is 0 Å². The zero-order chi connectivity index (χ0) is 12.3. The molecule has 0 aliphatic heterocycles. The van der Waals surface area contributed by atoms with Gasteiger partial charge >= 0.3 is 0 Å². The molecule has 1 heteroatoms. The first kappa shape index (κ1) is 14.8. The average molecular weight is 237 g/mol. The molecule has 0 amide bonds. The lowest BCUT2D eigenvalue weighted by Crippen LogP contribution is -2.21. The van der Waals surface area contributed by atoms with E-state index in [0.29, 0.717) is 6.04 Å². The fourth-order valence-corrected chi connectivity index (χ4v) is 2.62. The molecule has 0 aromatic rings. The van der Waals surface area contributed by atoms with E-state index in [1.165, 1.54) is 70.6 Å². The van der Waals surface area contributed by atoms with Gasteiger partial charge in [-0.05, 0) is 32.1 Å². The average Bonchev–Trinajstić information content (AvgIpc) is 2.35. The van der Waals surface area contributed by atoms with Gasteiger partial charge in [0.2, 0.25) is 0 Å². The Morgan fingerprint density at radius 3 is 2.29 bits per heavy atom. The summed E-state index contributed by atoms with van der Waals surface area (Å²) in [7, 11) is 0. The van der Waals surface area contributed by atoms with Crippen molar-refractivity contribution < 1.29 is 0 Å².